The summed E-state index contributed by atoms with van der Waals surface area (Å²) < 4.78 is 60.5. The molecule has 0 radical (unpaired) electrons. The van der Waals surface area contributed by atoms with Crippen molar-refractivity contribution < 1.29 is 22.0 Å². The molecule has 0 atom stereocenters. The number of halogens is 5. The molecule has 0 spiro atoms. The predicted molar refractivity (Wildman–Crippen MR) is 32.0 cm³/mol. The van der Waals surface area contributed by atoms with E-state index >= 15 is 0 Å². The van der Waals surface area contributed by atoms with Crippen LogP contribution in [0.1, 0.15) is 12.8 Å². The number of alkyl halides is 5. The highest BCUT2D eigenvalue weighted by atomic mass is 19.4. The summed E-state index contributed by atoms with van der Waals surface area (Å²) in [6.07, 6.45) is -5.71. The fourth-order valence-electron chi connectivity index (χ4n) is 1.12. The van der Waals surface area contributed by atoms with Gasteiger partial charge in [-0.05, 0) is 19.9 Å². The zero-order valence-corrected chi connectivity index (χ0v) is 6.30. The topological polar surface area (TPSA) is 12.0 Å². The third-order valence-corrected chi connectivity index (χ3v) is 2.19. The molecule has 1 N–H and O–H groups in total. The highest BCUT2D eigenvalue weighted by Crippen LogP contribution is 2.54. The summed E-state index contributed by atoms with van der Waals surface area (Å²) in [7, 11) is 1.12. The third-order valence-electron chi connectivity index (χ3n) is 2.19. The molecule has 1 aliphatic carbocycles. The van der Waals surface area contributed by atoms with Gasteiger partial charge in [-0.15, -0.1) is 0 Å². The summed E-state index contributed by atoms with van der Waals surface area (Å²) in [4.78, 5) is 0. The second-order valence-corrected chi connectivity index (χ2v) is 2.90. The van der Waals surface area contributed by atoms with Crippen LogP contribution in [-0.2, 0) is 0 Å². The monoisotopic (exact) mass is 189 g/mol. The molecular formula is C6H8F5N. The summed E-state index contributed by atoms with van der Waals surface area (Å²) in [5.74, 6) is -4.62. The van der Waals surface area contributed by atoms with E-state index in [9.17, 15) is 22.0 Å². The second-order valence-electron chi connectivity index (χ2n) is 2.90. The van der Waals surface area contributed by atoms with Gasteiger partial charge in [-0.25, -0.2) is 0 Å². The molecule has 0 unspecified atom stereocenters. The van der Waals surface area contributed by atoms with Crippen LogP contribution in [0.4, 0.5) is 22.0 Å². The highest BCUT2D eigenvalue weighted by molar-refractivity contribution is 5.13. The van der Waals surface area contributed by atoms with Crippen molar-refractivity contribution in [3.8, 4) is 0 Å². The van der Waals surface area contributed by atoms with Crippen molar-refractivity contribution in [2.75, 3.05) is 7.05 Å². The fourth-order valence-corrected chi connectivity index (χ4v) is 1.12. The van der Waals surface area contributed by atoms with Crippen LogP contribution >= 0.6 is 0 Å². The Labute approximate surface area is 65.9 Å². The Morgan fingerprint density at radius 3 is 1.58 bits per heavy atom. The SMILES string of the molecule is CNC1(C(F)(F)C(F)(F)F)CC1. The van der Waals surface area contributed by atoms with Crippen molar-refractivity contribution in [1.82, 2.24) is 5.32 Å². The average molecular weight is 189 g/mol. The Bertz CT molecular complexity index is 181. The molecule has 0 saturated heterocycles. The van der Waals surface area contributed by atoms with Gasteiger partial charge in [0.1, 0.15) is 0 Å². The minimum Gasteiger partial charge on any atom is -0.309 e. The summed E-state index contributed by atoms with van der Waals surface area (Å²) >= 11 is 0. The van der Waals surface area contributed by atoms with Gasteiger partial charge in [-0.1, -0.05) is 0 Å². The van der Waals surface area contributed by atoms with Crippen LogP contribution in [0.3, 0.4) is 0 Å². The first-order valence-corrected chi connectivity index (χ1v) is 3.40. The molecule has 1 saturated carbocycles. The van der Waals surface area contributed by atoms with E-state index in [4.69, 9.17) is 0 Å². The van der Waals surface area contributed by atoms with Crippen molar-refractivity contribution >= 4 is 0 Å². The lowest BCUT2D eigenvalue weighted by atomic mass is 10.1. The van der Waals surface area contributed by atoms with E-state index in [0.29, 0.717) is 0 Å². The van der Waals surface area contributed by atoms with Crippen LogP contribution in [0.15, 0.2) is 0 Å². The quantitative estimate of drug-likeness (QED) is 0.654. The first-order valence-electron chi connectivity index (χ1n) is 3.40. The van der Waals surface area contributed by atoms with Gasteiger partial charge >= 0.3 is 12.1 Å². The molecule has 0 heterocycles. The maximum atomic E-state index is 12.6. The molecular weight excluding hydrogens is 181 g/mol. The highest BCUT2D eigenvalue weighted by Gasteiger charge is 2.74. The van der Waals surface area contributed by atoms with Gasteiger partial charge in [-0.3, -0.25) is 0 Å². The van der Waals surface area contributed by atoms with Crippen molar-refractivity contribution in [2.24, 2.45) is 0 Å². The molecule has 0 bridgehead atoms. The van der Waals surface area contributed by atoms with Crippen molar-refractivity contribution in [3.05, 3.63) is 0 Å². The van der Waals surface area contributed by atoms with Crippen molar-refractivity contribution in [3.63, 3.8) is 0 Å². The number of nitrogens with one attached hydrogen (secondary N) is 1. The van der Waals surface area contributed by atoms with Gasteiger partial charge in [0.2, 0.25) is 0 Å². The lowest BCUT2D eigenvalue weighted by molar-refractivity contribution is -0.297. The van der Waals surface area contributed by atoms with Gasteiger partial charge in [0.05, 0.1) is 5.54 Å². The first kappa shape index (κ1) is 9.70. The van der Waals surface area contributed by atoms with Crippen molar-refractivity contribution in [1.29, 1.82) is 0 Å². The molecule has 0 aliphatic heterocycles. The van der Waals surface area contributed by atoms with Gasteiger partial charge in [0, 0.05) is 0 Å². The van der Waals surface area contributed by atoms with Crippen LogP contribution in [-0.4, -0.2) is 24.7 Å². The Morgan fingerprint density at radius 2 is 1.50 bits per heavy atom. The van der Waals surface area contributed by atoms with E-state index in [-0.39, 0.29) is 12.8 Å². The van der Waals surface area contributed by atoms with E-state index < -0.39 is 17.6 Å². The Hall–Kier alpha value is -0.390. The van der Waals surface area contributed by atoms with E-state index in [0.717, 1.165) is 7.05 Å². The maximum absolute atomic E-state index is 12.6. The zero-order chi connectivity index (χ0) is 9.62. The smallest absolute Gasteiger partial charge is 0.309 e. The van der Waals surface area contributed by atoms with Gasteiger partial charge in [0.15, 0.2) is 0 Å². The number of hydrogen-bond donors (Lipinski definition) is 1. The average Bonchev–Trinajstić information content (AvgIpc) is 2.64. The second kappa shape index (κ2) is 2.31. The van der Waals surface area contributed by atoms with Gasteiger partial charge in [-0.2, -0.15) is 22.0 Å². The number of rotatable bonds is 2. The van der Waals surface area contributed by atoms with Crippen LogP contribution in [0, 0.1) is 0 Å². The van der Waals surface area contributed by atoms with E-state index in [1.54, 1.807) is 0 Å². The lowest BCUT2D eigenvalue weighted by Crippen LogP contribution is -2.55. The standard InChI is InChI=1S/C6H8F5N/c1-12-4(2-3-4)5(7,8)6(9,10)11/h12H,2-3H2,1H3. The van der Waals surface area contributed by atoms with E-state index in [1.165, 1.54) is 0 Å². The van der Waals surface area contributed by atoms with Crippen LogP contribution in [0.25, 0.3) is 0 Å². The lowest BCUT2D eigenvalue weighted by Gasteiger charge is -2.27. The maximum Gasteiger partial charge on any atom is 0.455 e. The molecule has 12 heavy (non-hydrogen) atoms. The first-order chi connectivity index (χ1) is 5.27. The minimum absolute atomic E-state index is 0.129. The molecule has 1 rings (SSSR count). The fraction of sp³-hybridized carbons (Fsp3) is 1.00. The molecule has 1 fully saturated rings. The van der Waals surface area contributed by atoms with Gasteiger partial charge in [0.25, 0.3) is 0 Å². The molecule has 6 heteroatoms. The molecule has 0 aromatic heterocycles. The molecule has 0 aromatic rings. The largest absolute Gasteiger partial charge is 0.455 e. The summed E-state index contributed by atoms with van der Waals surface area (Å²) in [6, 6.07) is 0. The number of hydrogen-bond acceptors (Lipinski definition) is 1. The summed E-state index contributed by atoms with van der Waals surface area (Å²) in [6.45, 7) is 0. The normalized spacial score (nSPS) is 22.5. The van der Waals surface area contributed by atoms with Gasteiger partial charge < -0.3 is 5.32 Å². The molecule has 1 aliphatic rings. The summed E-state index contributed by atoms with van der Waals surface area (Å²) in [5.41, 5.74) is -2.04. The van der Waals surface area contributed by atoms with Crippen molar-refractivity contribution in [2.45, 2.75) is 30.5 Å². The molecule has 72 valence electrons. The Morgan fingerprint density at radius 1 is 1.08 bits per heavy atom. The molecule has 1 nitrogen and oxygen atoms in total. The predicted octanol–water partition coefficient (Wildman–Crippen LogP) is 1.94. The Balaban J connectivity index is 2.85. The van der Waals surface area contributed by atoms with E-state index in [2.05, 4.69) is 0 Å². The molecule has 0 aromatic carbocycles. The summed E-state index contributed by atoms with van der Waals surface area (Å²) in [5, 5.41) is 2.03. The van der Waals surface area contributed by atoms with Crippen LogP contribution in [0.5, 0.6) is 0 Å². The van der Waals surface area contributed by atoms with E-state index in [1.807, 2.05) is 5.32 Å². The zero-order valence-electron chi connectivity index (χ0n) is 6.30. The van der Waals surface area contributed by atoms with Crippen LogP contribution in [0.2, 0.25) is 0 Å². The molecule has 0 amide bonds. The minimum atomic E-state index is -5.45. The third kappa shape index (κ3) is 1.09. The Kier molecular flexibility index (Phi) is 1.86. The van der Waals surface area contributed by atoms with Crippen LogP contribution < -0.4 is 5.32 Å².